The van der Waals surface area contributed by atoms with Gasteiger partial charge in [-0.25, -0.2) is 0 Å². The summed E-state index contributed by atoms with van der Waals surface area (Å²) in [5, 5.41) is 2.81. The first kappa shape index (κ1) is 14.7. The normalized spacial score (nSPS) is 25.5. The molecule has 1 heterocycles. The van der Waals surface area contributed by atoms with Gasteiger partial charge in [0.05, 0.1) is 6.54 Å². The zero-order chi connectivity index (χ0) is 14.0. The van der Waals surface area contributed by atoms with Crippen LogP contribution in [0, 0.1) is 0 Å². The molecule has 1 aliphatic heterocycles. The Hall–Kier alpha value is -0.660. The van der Waals surface area contributed by atoms with Crippen molar-refractivity contribution in [3.05, 3.63) is 0 Å². The number of hydrogen-bond donors (Lipinski definition) is 1. The third-order valence-electron chi connectivity index (χ3n) is 3.74. The molecule has 1 amide bonds. The monoisotopic (exact) mass is 289 g/mol. The number of likely N-dealkylation sites (N-methyl/N-ethyl adjacent to an activating group) is 1. The fourth-order valence-corrected chi connectivity index (χ4v) is 3.94. The quantitative estimate of drug-likeness (QED) is 0.792. The molecule has 19 heavy (non-hydrogen) atoms. The molecule has 7 heteroatoms. The second kappa shape index (κ2) is 5.76. The van der Waals surface area contributed by atoms with Crippen molar-refractivity contribution in [1.82, 2.24) is 13.9 Å². The number of carbonyl (C=O) groups is 1. The molecule has 0 aromatic heterocycles. The second-order valence-electron chi connectivity index (χ2n) is 5.56. The molecule has 1 unspecified atom stereocenters. The molecular weight excluding hydrogens is 266 g/mol. The molecule has 2 fully saturated rings. The summed E-state index contributed by atoms with van der Waals surface area (Å²) in [6.07, 6.45) is 4.86. The van der Waals surface area contributed by atoms with E-state index < -0.39 is 10.2 Å². The zero-order valence-corrected chi connectivity index (χ0v) is 12.4. The van der Waals surface area contributed by atoms with Crippen molar-refractivity contribution in [3.63, 3.8) is 0 Å². The van der Waals surface area contributed by atoms with E-state index in [1.807, 2.05) is 6.92 Å². The largest absolute Gasteiger partial charge is 0.352 e. The van der Waals surface area contributed by atoms with Crippen LogP contribution in [0.25, 0.3) is 0 Å². The lowest BCUT2D eigenvalue weighted by molar-refractivity contribution is -0.121. The Kier molecular flexibility index (Phi) is 4.47. The maximum atomic E-state index is 12.4. The summed E-state index contributed by atoms with van der Waals surface area (Å²) in [5.41, 5.74) is 0. The van der Waals surface area contributed by atoms with Gasteiger partial charge in [0, 0.05) is 25.7 Å². The van der Waals surface area contributed by atoms with E-state index in [1.54, 1.807) is 0 Å². The second-order valence-corrected chi connectivity index (χ2v) is 7.55. The number of hydrogen-bond acceptors (Lipinski definition) is 3. The predicted octanol–water partition coefficient (Wildman–Crippen LogP) is 0.316. The third-order valence-corrected chi connectivity index (χ3v) is 5.79. The minimum atomic E-state index is -3.52. The highest BCUT2D eigenvalue weighted by Gasteiger charge is 2.34. The van der Waals surface area contributed by atoms with Crippen LogP contribution < -0.4 is 5.32 Å². The van der Waals surface area contributed by atoms with Crippen LogP contribution in [0.4, 0.5) is 0 Å². The van der Waals surface area contributed by atoms with Crippen molar-refractivity contribution in [2.75, 3.05) is 20.1 Å². The molecule has 0 aromatic rings. The van der Waals surface area contributed by atoms with Crippen molar-refractivity contribution in [1.29, 1.82) is 0 Å². The van der Waals surface area contributed by atoms with E-state index >= 15 is 0 Å². The Labute approximate surface area is 115 Å². The first-order valence-electron chi connectivity index (χ1n) is 6.93. The van der Waals surface area contributed by atoms with Crippen LogP contribution in [0.1, 0.15) is 39.0 Å². The molecule has 110 valence electrons. The molecule has 0 radical (unpaired) electrons. The smallest absolute Gasteiger partial charge is 0.282 e. The molecule has 6 nitrogen and oxygen atoms in total. The van der Waals surface area contributed by atoms with Crippen molar-refractivity contribution < 1.29 is 13.2 Å². The van der Waals surface area contributed by atoms with Gasteiger partial charge in [-0.2, -0.15) is 17.0 Å². The topological polar surface area (TPSA) is 69.7 Å². The summed E-state index contributed by atoms with van der Waals surface area (Å²) in [7, 11) is -2.04. The molecule has 1 atom stereocenters. The lowest BCUT2D eigenvalue weighted by Gasteiger charge is -2.34. The van der Waals surface area contributed by atoms with E-state index in [-0.39, 0.29) is 24.5 Å². The molecule has 0 bridgehead atoms. The van der Waals surface area contributed by atoms with Gasteiger partial charge in [0.15, 0.2) is 0 Å². The predicted molar refractivity (Wildman–Crippen MR) is 72.7 cm³/mol. The van der Waals surface area contributed by atoms with E-state index in [1.165, 1.54) is 11.4 Å². The van der Waals surface area contributed by atoms with Crippen LogP contribution in [-0.2, 0) is 15.0 Å². The standard InChI is InChI=1S/C12H23N3O3S/c1-10-5-3-4-8-15(10)19(17,18)14(2)9-12(16)13-11-6-7-11/h10-11H,3-9H2,1-2H3,(H,13,16). The van der Waals surface area contributed by atoms with Gasteiger partial charge in [-0.15, -0.1) is 0 Å². The molecule has 0 spiro atoms. The van der Waals surface area contributed by atoms with Gasteiger partial charge < -0.3 is 5.32 Å². The van der Waals surface area contributed by atoms with E-state index in [0.29, 0.717) is 6.54 Å². The first-order valence-corrected chi connectivity index (χ1v) is 8.33. The van der Waals surface area contributed by atoms with Crippen LogP contribution >= 0.6 is 0 Å². The van der Waals surface area contributed by atoms with Gasteiger partial charge in [-0.3, -0.25) is 4.79 Å². The molecule has 1 N–H and O–H groups in total. The summed E-state index contributed by atoms with van der Waals surface area (Å²) in [6, 6.07) is 0.283. The van der Waals surface area contributed by atoms with Crippen molar-refractivity contribution in [3.8, 4) is 0 Å². The lowest BCUT2D eigenvalue weighted by atomic mass is 10.1. The molecule has 2 aliphatic rings. The zero-order valence-electron chi connectivity index (χ0n) is 11.6. The maximum absolute atomic E-state index is 12.4. The van der Waals surface area contributed by atoms with Gasteiger partial charge in [-0.05, 0) is 32.6 Å². The fourth-order valence-electron chi connectivity index (χ4n) is 2.38. The number of rotatable bonds is 5. The maximum Gasteiger partial charge on any atom is 0.282 e. The minimum Gasteiger partial charge on any atom is -0.352 e. The van der Waals surface area contributed by atoms with E-state index in [2.05, 4.69) is 5.32 Å². The Bertz CT molecular complexity index is 434. The Morgan fingerprint density at radius 2 is 2.00 bits per heavy atom. The number of piperidine rings is 1. The number of amides is 1. The van der Waals surface area contributed by atoms with Crippen molar-refractivity contribution in [2.45, 2.75) is 51.1 Å². The highest BCUT2D eigenvalue weighted by molar-refractivity contribution is 7.86. The SMILES string of the molecule is CC1CCCCN1S(=O)(=O)N(C)CC(=O)NC1CC1. The average Bonchev–Trinajstić information content (AvgIpc) is 3.12. The van der Waals surface area contributed by atoms with E-state index in [9.17, 15) is 13.2 Å². The lowest BCUT2D eigenvalue weighted by Crippen LogP contribution is -2.50. The molecule has 0 aromatic carbocycles. The highest BCUT2D eigenvalue weighted by atomic mass is 32.2. The van der Waals surface area contributed by atoms with Crippen molar-refractivity contribution >= 4 is 16.1 Å². The molecule has 1 aliphatic carbocycles. The molecule has 1 saturated carbocycles. The van der Waals surface area contributed by atoms with Gasteiger partial charge in [0.2, 0.25) is 5.91 Å². The fraction of sp³-hybridized carbons (Fsp3) is 0.917. The van der Waals surface area contributed by atoms with Crippen LogP contribution in [0.15, 0.2) is 0 Å². The summed E-state index contributed by atoms with van der Waals surface area (Å²) in [5.74, 6) is -0.210. The van der Waals surface area contributed by atoms with Crippen LogP contribution in [0.2, 0.25) is 0 Å². The van der Waals surface area contributed by atoms with E-state index in [0.717, 1.165) is 36.4 Å². The van der Waals surface area contributed by atoms with Gasteiger partial charge in [0.1, 0.15) is 0 Å². The third kappa shape index (κ3) is 3.67. The Balaban J connectivity index is 1.94. The van der Waals surface area contributed by atoms with Crippen LogP contribution in [0.5, 0.6) is 0 Å². The molecular formula is C12H23N3O3S. The van der Waals surface area contributed by atoms with Gasteiger partial charge >= 0.3 is 0 Å². The summed E-state index contributed by atoms with van der Waals surface area (Å²) >= 11 is 0. The van der Waals surface area contributed by atoms with E-state index in [4.69, 9.17) is 0 Å². The number of carbonyl (C=O) groups excluding carboxylic acids is 1. The first-order chi connectivity index (χ1) is 8.91. The van der Waals surface area contributed by atoms with Gasteiger partial charge in [0.25, 0.3) is 10.2 Å². The average molecular weight is 289 g/mol. The summed E-state index contributed by atoms with van der Waals surface area (Å²) in [4.78, 5) is 11.7. The summed E-state index contributed by atoms with van der Waals surface area (Å²) in [6.45, 7) is 2.38. The number of nitrogens with zero attached hydrogens (tertiary/aromatic N) is 2. The summed E-state index contributed by atoms with van der Waals surface area (Å²) < 4.78 is 27.5. The van der Waals surface area contributed by atoms with Crippen LogP contribution in [-0.4, -0.2) is 55.2 Å². The Morgan fingerprint density at radius 3 is 2.58 bits per heavy atom. The number of nitrogens with one attached hydrogen (secondary N) is 1. The molecule has 1 saturated heterocycles. The Morgan fingerprint density at radius 1 is 1.32 bits per heavy atom. The molecule has 2 rings (SSSR count). The van der Waals surface area contributed by atoms with Crippen molar-refractivity contribution in [2.24, 2.45) is 0 Å². The van der Waals surface area contributed by atoms with Gasteiger partial charge in [-0.1, -0.05) is 6.42 Å². The highest BCUT2D eigenvalue weighted by Crippen LogP contribution is 2.22. The van der Waals surface area contributed by atoms with Crippen LogP contribution in [0.3, 0.4) is 0 Å². The minimum absolute atomic E-state index is 0.0210.